The second-order valence-electron chi connectivity index (χ2n) is 4.35. The van der Waals surface area contributed by atoms with Gasteiger partial charge in [-0.15, -0.1) is 0 Å². The van der Waals surface area contributed by atoms with Crippen LogP contribution in [-0.2, 0) is 4.74 Å². The van der Waals surface area contributed by atoms with Crippen LogP contribution < -0.4 is 11.4 Å². The van der Waals surface area contributed by atoms with E-state index in [4.69, 9.17) is 10.6 Å². The number of aromatic nitrogens is 2. The van der Waals surface area contributed by atoms with Gasteiger partial charge in [-0.2, -0.15) is 5.10 Å². The molecule has 0 fully saturated rings. The van der Waals surface area contributed by atoms with E-state index < -0.39 is 11.5 Å². The summed E-state index contributed by atoms with van der Waals surface area (Å²) >= 11 is 0. The number of nitrogens with two attached hydrogens (primary N) is 1. The number of nitrogens with zero attached hydrogens (tertiary/aromatic N) is 3. The molecule has 7 heteroatoms. The highest BCUT2D eigenvalue weighted by Gasteiger charge is 2.26. The lowest BCUT2D eigenvalue weighted by Crippen LogP contribution is -2.37. The molecule has 1 unspecified atom stereocenters. The molecule has 0 spiro atoms. The van der Waals surface area contributed by atoms with Gasteiger partial charge in [0.05, 0.1) is 6.61 Å². The quantitative estimate of drug-likeness (QED) is 0.474. The molecule has 1 aromatic rings. The number of hydrogen-bond acceptors (Lipinski definition) is 6. The van der Waals surface area contributed by atoms with E-state index in [1.54, 1.807) is 6.92 Å². The van der Waals surface area contributed by atoms with Gasteiger partial charge in [0, 0.05) is 12.2 Å². The number of fused-ring (bicyclic) bond motifs is 1. The Hall–Kier alpha value is -2.18. The van der Waals surface area contributed by atoms with Crippen molar-refractivity contribution in [3.63, 3.8) is 0 Å². The molecule has 7 nitrogen and oxygen atoms in total. The molecule has 1 aliphatic heterocycles. The van der Waals surface area contributed by atoms with Crippen LogP contribution in [0.2, 0.25) is 0 Å². The lowest BCUT2D eigenvalue weighted by atomic mass is 10.0. The van der Waals surface area contributed by atoms with Crippen molar-refractivity contribution in [2.75, 3.05) is 6.61 Å². The number of carbonyl (C=O) groups excluding carboxylic acids is 1. The minimum atomic E-state index is -0.653. The Balaban J connectivity index is 2.58. The monoisotopic (exact) mass is 264 g/mol. The molecule has 0 aliphatic carbocycles. The number of esters is 1. The van der Waals surface area contributed by atoms with Gasteiger partial charge >= 0.3 is 5.97 Å². The van der Waals surface area contributed by atoms with E-state index in [0.717, 1.165) is 6.42 Å². The first-order valence-corrected chi connectivity index (χ1v) is 6.16. The van der Waals surface area contributed by atoms with Crippen LogP contribution in [0.1, 0.15) is 48.9 Å². The predicted molar refractivity (Wildman–Crippen MR) is 69.1 cm³/mol. The van der Waals surface area contributed by atoms with Crippen molar-refractivity contribution < 1.29 is 9.53 Å². The normalized spacial score (nSPS) is 20.1. The van der Waals surface area contributed by atoms with Crippen molar-refractivity contribution in [1.82, 2.24) is 9.55 Å². The van der Waals surface area contributed by atoms with Crippen molar-refractivity contribution in [3.05, 3.63) is 27.9 Å². The maximum absolute atomic E-state index is 12.3. The maximum atomic E-state index is 12.3. The highest BCUT2D eigenvalue weighted by atomic mass is 16.5. The van der Waals surface area contributed by atoms with E-state index in [-0.39, 0.29) is 18.2 Å². The molecule has 0 aromatic carbocycles. The summed E-state index contributed by atoms with van der Waals surface area (Å²) in [6.45, 7) is 3.79. The van der Waals surface area contributed by atoms with Crippen LogP contribution in [0.4, 0.5) is 0 Å². The fraction of sp³-hybridized carbons (Fsp3) is 0.500. The Bertz CT molecular complexity index is 591. The van der Waals surface area contributed by atoms with E-state index in [9.17, 15) is 9.59 Å². The standard InChI is InChI=1S/C12H16N4O3/c1-3-19-12(18)8-6-14-10-9(15-13)5-4-7(2)16(10)11(8)17/h6-7H,3-5,13H2,1-2H3/b15-9-. The third-order valence-corrected chi connectivity index (χ3v) is 3.14. The first-order chi connectivity index (χ1) is 9.10. The van der Waals surface area contributed by atoms with E-state index >= 15 is 0 Å². The summed E-state index contributed by atoms with van der Waals surface area (Å²) in [7, 11) is 0. The molecule has 102 valence electrons. The van der Waals surface area contributed by atoms with Crippen molar-refractivity contribution in [2.24, 2.45) is 10.9 Å². The highest BCUT2D eigenvalue weighted by molar-refractivity contribution is 5.98. The zero-order valence-corrected chi connectivity index (χ0v) is 10.9. The zero-order valence-electron chi connectivity index (χ0n) is 10.9. The van der Waals surface area contributed by atoms with E-state index in [1.807, 2.05) is 6.92 Å². The largest absolute Gasteiger partial charge is 0.462 e. The zero-order chi connectivity index (χ0) is 14.0. The molecule has 0 amide bonds. The molecule has 0 bridgehead atoms. The molecule has 2 rings (SSSR count). The van der Waals surface area contributed by atoms with Gasteiger partial charge in [-0.3, -0.25) is 9.36 Å². The Morgan fingerprint density at radius 3 is 3.05 bits per heavy atom. The first kappa shape index (κ1) is 13.3. The van der Waals surface area contributed by atoms with Crippen LogP contribution in [0.5, 0.6) is 0 Å². The van der Waals surface area contributed by atoms with Crippen LogP contribution in [0.25, 0.3) is 0 Å². The smallest absolute Gasteiger partial charge is 0.345 e. The van der Waals surface area contributed by atoms with Crippen LogP contribution in [-0.4, -0.2) is 27.8 Å². The van der Waals surface area contributed by atoms with Crippen LogP contribution >= 0.6 is 0 Å². The topological polar surface area (TPSA) is 99.6 Å². The minimum absolute atomic E-state index is 0.0464. The molecule has 1 aliphatic rings. The average molecular weight is 264 g/mol. The molecular formula is C12H16N4O3. The fourth-order valence-corrected chi connectivity index (χ4v) is 2.15. The lowest BCUT2D eigenvalue weighted by Gasteiger charge is -2.24. The van der Waals surface area contributed by atoms with Gasteiger partial charge < -0.3 is 10.6 Å². The highest BCUT2D eigenvalue weighted by Crippen LogP contribution is 2.21. The number of hydrazone groups is 1. The fourth-order valence-electron chi connectivity index (χ4n) is 2.15. The predicted octanol–water partition coefficient (Wildman–Crippen LogP) is 0.438. The molecule has 19 heavy (non-hydrogen) atoms. The first-order valence-electron chi connectivity index (χ1n) is 6.16. The molecular weight excluding hydrogens is 248 g/mol. The summed E-state index contributed by atoms with van der Waals surface area (Å²) in [4.78, 5) is 28.1. The van der Waals surface area contributed by atoms with Gasteiger partial charge in [-0.25, -0.2) is 9.78 Å². The lowest BCUT2D eigenvalue weighted by molar-refractivity contribution is 0.0522. The van der Waals surface area contributed by atoms with Crippen molar-refractivity contribution >= 4 is 11.7 Å². The Morgan fingerprint density at radius 2 is 2.42 bits per heavy atom. The summed E-state index contributed by atoms with van der Waals surface area (Å²) in [5.41, 5.74) is 0.109. The van der Waals surface area contributed by atoms with Crippen LogP contribution in [0, 0.1) is 0 Å². The summed E-state index contributed by atoms with van der Waals surface area (Å²) < 4.78 is 6.30. The summed E-state index contributed by atoms with van der Waals surface area (Å²) in [6.07, 6.45) is 2.63. The number of rotatable bonds is 2. The Labute approximate surface area is 110 Å². The van der Waals surface area contributed by atoms with Crippen molar-refractivity contribution in [2.45, 2.75) is 32.7 Å². The van der Waals surface area contributed by atoms with Gasteiger partial charge in [0.1, 0.15) is 11.3 Å². The maximum Gasteiger partial charge on any atom is 0.345 e. The summed E-state index contributed by atoms with van der Waals surface area (Å²) in [5, 5.41) is 3.65. The van der Waals surface area contributed by atoms with Crippen molar-refractivity contribution in [3.8, 4) is 0 Å². The van der Waals surface area contributed by atoms with Gasteiger partial charge in [0.25, 0.3) is 5.56 Å². The van der Waals surface area contributed by atoms with Crippen molar-refractivity contribution in [1.29, 1.82) is 0 Å². The van der Waals surface area contributed by atoms with Gasteiger partial charge in [0.2, 0.25) is 0 Å². The second kappa shape index (κ2) is 5.21. The van der Waals surface area contributed by atoms with E-state index in [0.29, 0.717) is 18.0 Å². The Kier molecular flexibility index (Phi) is 3.64. The van der Waals surface area contributed by atoms with Gasteiger partial charge in [-0.1, -0.05) is 0 Å². The van der Waals surface area contributed by atoms with Crippen LogP contribution in [0.15, 0.2) is 16.1 Å². The molecule has 0 saturated carbocycles. The molecule has 2 N–H and O–H groups in total. The molecule has 2 heterocycles. The van der Waals surface area contributed by atoms with Gasteiger partial charge in [-0.05, 0) is 26.7 Å². The number of carbonyl (C=O) groups is 1. The second-order valence-corrected chi connectivity index (χ2v) is 4.35. The third-order valence-electron chi connectivity index (χ3n) is 3.14. The summed E-state index contributed by atoms with van der Waals surface area (Å²) in [5.74, 6) is 5.08. The third kappa shape index (κ3) is 2.23. The van der Waals surface area contributed by atoms with Gasteiger partial charge in [0.15, 0.2) is 5.82 Å². The average Bonchev–Trinajstić information content (AvgIpc) is 2.39. The Morgan fingerprint density at radius 1 is 1.68 bits per heavy atom. The molecule has 1 aromatic heterocycles. The van der Waals surface area contributed by atoms with Crippen LogP contribution in [0.3, 0.4) is 0 Å². The molecule has 0 saturated heterocycles. The molecule has 0 radical (unpaired) electrons. The van der Waals surface area contributed by atoms with E-state index in [1.165, 1.54) is 10.8 Å². The SMILES string of the molecule is CCOC(=O)c1cnc2n(c1=O)C(C)CC/C2=N/N. The summed E-state index contributed by atoms with van der Waals surface area (Å²) in [6, 6.07) is -0.0464. The van der Waals surface area contributed by atoms with E-state index in [2.05, 4.69) is 10.1 Å². The molecule has 1 atom stereocenters. The number of hydrogen-bond donors (Lipinski definition) is 1. The minimum Gasteiger partial charge on any atom is -0.462 e. The number of ether oxygens (including phenoxy) is 1.